The Labute approximate surface area is 199 Å². The predicted molar refractivity (Wildman–Crippen MR) is 125 cm³/mol. The van der Waals surface area contributed by atoms with Crippen molar-refractivity contribution in [2.45, 2.75) is 19.9 Å². The summed E-state index contributed by atoms with van der Waals surface area (Å²) in [6.45, 7) is 1.99. The number of nitrogens with zero attached hydrogens (tertiary/aromatic N) is 3. The van der Waals surface area contributed by atoms with Crippen LogP contribution in [0.25, 0.3) is 10.9 Å². The fourth-order valence-electron chi connectivity index (χ4n) is 3.59. The summed E-state index contributed by atoms with van der Waals surface area (Å²) >= 11 is 6.02. The number of H-pyrrole nitrogens is 1. The van der Waals surface area contributed by atoms with Gasteiger partial charge in [0, 0.05) is 17.6 Å². The van der Waals surface area contributed by atoms with Gasteiger partial charge >= 0.3 is 5.69 Å². The van der Waals surface area contributed by atoms with Crippen LogP contribution in [-0.4, -0.2) is 53.6 Å². The molecule has 0 fully saturated rings. The standard InChI is InChI=1S/C22H23ClN4O7/c1-5-8-26(11-17-24-15-9-12(23)6-7-13(15)21(28)25-17)22(29)14-10-16(32-2)19(33-3)20(34-4)18(14)27(30)31/h6-7,9-10H,5,8,11H2,1-4H3,(H,24,25,28). The molecule has 0 radical (unpaired) electrons. The molecule has 0 saturated heterocycles. The maximum Gasteiger partial charge on any atom is 0.327 e. The van der Waals surface area contributed by atoms with Gasteiger partial charge < -0.3 is 24.1 Å². The quantitative estimate of drug-likeness (QED) is 0.355. The van der Waals surface area contributed by atoms with Gasteiger partial charge in [0.2, 0.25) is 11.5 Å². The highest BCUT2D eigenvalue weighted by Crippen LogP contribution is 2.46. The Balaban J connectivity index is 2.11. The van der Waals surface area contributed by atoms with Crippen LogP contribution in [0.4, 0.5) is 5.69 Å². The molecule has 0 unspecified atom stereocenters. The van der Waals surface area contributed by atoms with Crippen LogP contribution >= 0.6 is 11.6 Å². The number of benzene rings is 2. The van der Waals surface area contributed by atoms with E-state index in [0.717, 1.165) is 0 Å². The Kier molecular flexibility index (Phi) is 7.57. The lowest BCUT2D eigenvalue weighted by Crippen LogP contribution is -2.33. The Hall–Kier alpha value is -3.86. The number of ether oxygens (including phenoxy) is 3. The van der Waals surface area contributed by atoms with Crippen molar-refractivity contribution in [1.82, 2.24) is 14.9 Å². The number of amides is 1. The minimum atomic E-state index is -0.712. The summed E-state index contributed by atoms with van der Waals surface area (Å²) in [5.41, 5.74) is -0.828. The number of hydrogen-bond donors (Lipinski definition) is 1. The molecule has 0 spiro atoms. The summed E-state index contributed by atoms with van der Waals surface area (Å²) in [7, 11) is 3.89. The van der Waals surface area contributed by atoms with E-state index in [1.807, 2.05) is 6.92 Å². The van der Waals surface area contributed by atoms with Crippen LogP contribution in [0.5, 0.6) is 17.2 Å². The van der Waals surface area contributed by atoms with Crippen LogP contribution in [0.15, 0.2) is 29.1 Å². The van der Waals surface area contributed by atoms with E-state index in [1.54, 1.807) is 18.2 Å². The summed E-state index contributed by atoms with van der Waals surface area (Å²) in [4.78, 5) is 45.7. The Morgan fingerprint density at radius 3 is 2.47 bits per heavy atom. The molecule has 1 amide bonds. The van der Waals surface area contributed by atoms with Gasteiger partial charge in [-0.2, -0.15) is 0 Å². The zero-order valence-electron chi connectivity index (χ0n) is 19.0. The number of carbonyl (C=O) groups excluding carboxylic acids is 1. The maximum absolute atomic E-state index is 13.5. The number of carbonyl (C=O) groups is 1. The highest BCUT2D eigenvalue weighted by Gasteiger charge is 2.34. The van der Waals surface area contributed by atoms with Gasteiger partial charge in [0.15, 0.2) is 5.75 Å². The van der Waals surface area contributed by atoms with Gasteiger partial charge in [-0.25, -0.2) is 4.98 Å². The summed E-state index contributed by atoms with van der Waals surface area (Å²) in [6, 6.07) is 5.92. The molecule has 12 heteroatoms. The van der Waals surface area contributed by atoms with Crippen molar-refractivity contribution < 1.29 is 23.9 Å². The number of aromatic nitrogens is 2. The lowest BCUT2D eigenvalue weighted by molar-refractivity contribution is -0.386. The highest BCUT2D eigenvalue weighted by molar-refractivity contribution is 6.31. The molecular weight excluding hydrogens is 468 g/mol. The second-order valence-electron chi connectivity index (χ2n) is 7.20. The summed E-state index contributed by atoms with van der Waals surface area (Å²) in [5.74, 6) is -0.610. The zero-order chi connectivity index (χ0) is 25.0. The number of rotatable bonds is 9. The number of hydrogen-bond acceptors (Lipinski definition) is 8. The Bertz CT molecular complexity index is 1310. The first-order valence-corrected chi connectivity index (χ1v) is 10.6. The molecule has 0 aliphatic carbocycles. The second-order valence-corrected chi connectivity index (χ2v) is 7.64. The third-order valence-corrected chi connectivity index (χ3v) is 5.29. The number of nitrogens with one attached hydrogen (secondary N) is 1. The van der Waals surface area contributed by atoms with Gasteiger partial charge in [0.05, 0.1) is 43.7 Å². The molecule has 2 aromatic carbocycles. The predicted octanol–water partition coefficient (Wildman–Crippen LogP) is 3.56. The molecule has 1 N–H and O–H groups in total. The van der Waals surface area contributed by atoms with E-state index in [9.17, 15) is 19.7 Å². The molecule has 3 aromatic rings. The van der Waals surface area contributed by atoms with E-state index in [1.165, 1.54) is 32.3 Å². The Morgan fingerprint density at radius 2 is 1.88 bits per heavy atom. The van der Waals surface area contributed by atoms with Crippen molar-refractivity contribution in [2.24, 2.45) is 0 Å². The van der Waals surface area contributed by atoms with Crippen LogP contribution < -0.4 is 19.8 Å². The second kappa shape index (κ2) is 10.4. The molecular formula is C22H23ClN4O7. The maximum atomic E-state index is 13.5. The Morgan fingerprint density at radius 1 is 1.18 bits per heavy atom. The van der Waals surface area contributed by atoms with Crippen molar-refractivity contribution >= 4 is 34.1 Å². The highest BCUT2D eigenvalue weighted by atomic mass is 35.5. The number of methoxy groups -OCH3 is 3. The van der Waals surface area contributed by atoms with Gasteiger partial charge in [0.25, 0.3) is 11.5 Å². The van der Waals surface area contributed by atoms with Gasteiger partial charge in [-0.3, -0.25) is 19.7 Å². The van der Waals surface area contributed by atoms with Gasteiger partial charge in [-0.15, -0.1) is 0 Å². The minimum absolute atomic E-state index is 0.00676. The lowest BCUT2D eigenvalue weighted by Gasteiger charge is -2.23. The largest absolute Gasteiger partial charge is 0.493 e. The molecule has 3 rings (SSSR count). The van der Waals surface area contributed by atoms with Gasteiger partial charge in [-0.1, -0.05) is 18.5 Å². The minimum Gasteiger partial charge on any atom is -0.493 e. The summed E-state index contributed by atoms with van der Waals surface area (Å²) in [6.07, 6.45) is 0.549. The fraction of sp³-hybridized carbons (Fsp3) is 0.318. The smallest absolute Gasteiger partial charge is 0.327 e. The first-order chi connectivity index (χ1) is 16.2. The molecule has 0 saturated carbocycles. The van der Waals surface area contributed by atoms with Crippen molar-refractivity contribution in [3.63, 3.8) is 0 Å². The van der Waals surface area contributed by atoms with Crippen molar-refractivity contribution in [2.75, 3.05) is 27.9 Å². The monoisotopic (exact) mass is 490 g/mol. The molecule has 34 heavy (non-hydrogen) atoms. The zero-order valence-corrected chi connectivity index (χ0v) is 19.8. The summed E-state index contributed by atoms with van der Waals surface area (Å²) < 4.78 is 15.7. The van der Waals surface area contributed by atoms with Crippen LogP contribution in [0.1, 0.15) is 29.5 Å². The first kappa shape index (κ1) is 24.8. The average molecular weight is 491 g/mol. The van der Waals surface area contributed by atoms with Gasteiger partial charge in [-0.05, 0) is 24.6 Å². The van der Waals surface area contributed by atoms with E-state index in [4.69, 9.17) is 25.8 Å². The number of aromatic amines is 1. The van der Waals surface area contributed by atoms with Crippen LogP contribution in [0.2, 0.25) is 5.02 Å². The first-order valence-electron chi connectivity index (χ1n) is 10.2. The number of nitro groups is 1. The van der Waals surface area contributed by atoms with Gasteiger partial charge in [0.1, 0.15) is 11.4 Å². The van der Waals surface area contributed by atoms with E-state index in [-0.39, 0.29) is 47.3 Å². The fourth-order valence-corrected chi connectivity index (χ4v) is 3.76. The van der Waals surface area contributed by atoms with E-state index < -0.39 is 16.5 Å². The average Bonchev–Trinajstić information content (AvgIpc) is 2.81. The normalized spacial score (nSPS) is 10.7. The van der Waals surface area contributed by atoms with Crippen LogP contribution in [-0.2, 0) is 6.54 Å². The van der Waals surface area contributed by atoms with Crippen molar-refractivity contribution in [3.8, 4) is 17.2 Å². The molecule has 0 aliphatic rings. The van der Waals surface area contributed by atoms with Crippen LogP contribution in [0.3, 0.4) is 0 Å². The molecule has 11 nitrogen and oxygen atoms in total. The van der Waals surface area contributed by atoms with Crippen molar-refractivity contribution in [1.29, 1.82) is 0 Å². The molecule has 180 valence electrons. The number of halogens is 1. The van der Waals surface area contributed by atoms with E-state index in [2.05, 4.69) is 9.97 Å². The van der Waals surface area contributed by atoms with E-state index >= 15 is 0 Å². The van der Waals surface area contributed by atoms with Crippen LogP contribution in [0, 0.1) is 10.1 Å². The number of nitro benzene ring substituents is 1. The summed E-state index contributed by atoms with van der Waals surface area (Å²) in [5, 5.41) is 12.7. The third kappa shape index (κ3) is 4.74. The molecule has 0 bridgehead atoms. The molecule has 1 aromatic heterocycles. The molecule has 0 atom stereocenters. The number of fused-ring (bicyclic) bond motifs is 1. The van der Waals surface area contributed by atoms with E-state index in [0.29, 0.717) is 22.3 Å². The topological polar surface area (TPSA) is 137 Å². The van der Waals surface area contributed by atoms with Crippen molar-refractivity contribution in [3.05, 3.63) is 61.1 Å². The molecule has 0 aliphatic heterocycles. The SMILES string of the molecule is CCCN(Cc1nc2cc(Cl)ccc2c(=O)[nH]1)C(=O)c1cc(OC)c(OC)c(OC)c1[N+](=O)[O-]. The molecule has 1 heterocycles. The lowest BCUT2D eigenvalue weighted by atomic mass is 10.1. The third-order valence-electron chi connectivity index (χ3n) is 5.06.